The standard InChI is InChI=1S/C27H27NO7/c1-27(2)9-8-18-20(35-27)11-22(24-16-4-3-5-17(16)26(30)34-25(18)24)31-13-23(29)28-12-15-6-7-19-21(10-15)33-14-32-19/h6-7,10-11H,3-5,8-9,12-14H2,1-2H3,(H,28,29). The first kappa shape index (κ1) is 21.8. The van der Waals surface area contributed by atoms with Crippen molar-refractivity contribution in [2.24, 2.45) is 0 Å². The molecule has 1 N–H and O–H groups in total. The summed E-state index contributed by atoms with van der Waals surface area (Å²) in [5, 5.41) is 3.67. The van der Waals surface area contributed by atoms with E-state index in [1.807, 2.05) is 38.1 Å². The van der Waals surface area contributed by atoms with Crippen molar-refractivity contribution in [1.29, 1.82) is 0 Å². The highest BCUT2D eigenvalue weighted by Crippen LogP contribution is 2.44. The molecular weight excluding hydrogens is 450 g/mol. The van der Waals surface area contributed by atoms with Crippen LogP contribution in [0.4, 0.5) is 0 Å². The van der Waals surface area contributed by atoms with E-state index in [2.05, 4.69) is 5.32 Å². The fourth-order valence-corrected chi connectivity index (χ4v) is 5.11. The van der Waals surface area contributed by atoms with Gasteiger partial charge in [0, 0.05) is 23.7 Å². The van der Waals surface area contributed by atoms with Crippen molar-refractivity contribution in [1.82, 2.24) is 5.32 Å². The molecule has 0 bridgehead atoms. The minimum atomic E-state index is -0.336. The Morgan fingerprint density at radius 2 is 1.86 bits per heavy atom. The van der Waals surface area contributed by atoms with E-state index in [9.17, 15) is 9.59 Å². The summed E-state index contributed by atoms with van der Waals surface area (Å²) in [6.07, 6.45) is 3.95. The summed E-state index contributed by atoms with van der Waals surface area (Å²) in [7, 11) is 0. The summed E-state index contributed by atoms with van der Waals surface area (Å²) in [5.41, 5.74) is 3.39. The highest BCUT2D eigenvalue weighted by Gasteiger charge is 2.32. The quantitative estimate of drug-likeness (QED) is 0.558. The average molecular weight is 478 g/mol. The van der Waals surface area contributed by atoms with Gasteiger partial charge in [0.05, 0.1) is 5.39 Å². The molecule has 0 spiro atoms. The summed E-state index contributed by atoms with van der Waals surface area (Å²) in [6.45, 7) is 4.44. The molecule has 3 aromatic rings. The van der Waals surface area contributed by atoms with Gasteiger partial charge >= 0.3 is 5.63 Å². The van der Waals surface area contributed by atoms with Gasteiger partial charge in [-0.05, 0) is 69.2 Å². The first-order valence-electron chi connectivity index (χ1n) is 12.0. The number of hydrogen-bond donors (Lipinski definition) is 1. The third-order valence-electron chi connectivity index (χ3n) is 6.92. The van der Waals surface area contributed by atoms with Gasteiger partial charge in [-0.1, -0.05) is 6.07 Å². The van der Waals surface area contributed by atoms with Gasteiger partial charge in [0.2, 0.25) is 6.79 Å². The van der Waals surface area contributed by atoms with Crippen LogP contribution in [0.15, 0.2) is 33.5 Å². The topological polar surface area (TPSA) is 96.2 Å². The normalized spacial score (nSPS) is 17.0. The first-order chi connectivity index (χ1) is 16.9. The van der Waals surface area contributed by atoms with E-state index in [0.717, 1.165) is 47.8 Å². The lowest BCUT2D eigenvalue weighted by molar-refractivity contribution is -0.123. The molecule has 1 aliphatic carbocycles. The van der Waals surface area contributed by atoms with Gasteiger partial charge in [0.25, 0.3) is 5.91 Å². The molecule has 0 fully saturated rings. The second-order valence-electron chi connectivity index (χ2n) is 9.87. The Balaban J connectivity index is 1.26. The fourth-order valence-electron chi connectivity index (χ4n) is 5.11. The van der Waals surface area contributed by atoms with Gasteiger partial charge < -0.3 is 28.7 Å². The summed E-state index contributed by atoms with van der Waals surface area (Å²) >= 11 is 0. The third-order valence-corrected chi connectivity index (χ3v) is 6.92. The number of benzene rings is 2. The van der Waals surface area contributed by atoms with Crippen molar-refractivity contribution in [3.05, 3.63) is 56.9 Å². The molecular formula is C27H27NO7. The van der Waals surface area contributed by atoms with Crippen LogP contribution in [-0.2, 0) is 30.6 Å². The maximum atomic E-state index is 12.7. The summed E-state index contributed by atoms with van der Waals surface area (Å²) < 4.78 is 28.8. The zero-order valence-electron chi connectivity index (χ0n) is 19.8. The number of amides is 1. The zero-order chi connectivity index (χ0) is 24.2. The number of carbonyl (C=O) groups is 1. The van der Waals surface area contributed by atoms with Gasteiger partial charge in [-0.15, -0.1) is 0 Å². The van der Waals surface area contributed by atoms with Crippen LogP contribution in [0.3, 0.4) is 0 Å². The van der Waals surface area contributed by atoms with E-state index >= 15 is 0 Å². The van der Waals surface area contributed by atoms with Crippen molar-refractivity contribution in [3.63, 3.8) is 0 Å². The maximum absolute atomic E-state index is 12.7. The van der Waals surface area contributed by atoms with Gasteiger partial charge in [-0.2, -0.15) is 0 Å². The van der Waals surface area contributed by atoms with Gasteiger partial charge in [0.1, 0.15) is 22.7 Å². The number of hydrogen-bond acceptors (Lipinski definition) is 7. The molecule has 0 radical (unpaired) electrons. The fraction of sp³-hybridized carbons (Fsp3) is 0.407. The second-order valence-corrected chi connectivity index (χ2v) is 9.87. The average Bonchev–Trinajstić information content (AvgIpc) is 3.50. The number of ether oxygens (including phenoxy) is 4. The highest BCUT2D eigenvalue weighted by molar-refractivity contribution is 5.93. The Hall–Kier alpha value is -3.68. The van der Waals surface area contributed by atoms with Gasteiger partial charge in [-0.3, -0.25) is 4.79 Å². The van der Waals surface area contributed by atoms with Crippen LogP contribution in [0.1, 0.15) is 48.9 Å². The highest BCUT2D eigenvalue weighted by atomic mass is 16.7. The van der Waals surface area contributed by atoms with E-state index in [-0.39, 0.29) is 30.5 Å². The van der Waals surface area contributed by atoms with E-state index < -0.39 is 0 Å². The Morgan fingerprint density at radius 3 is 2.74 bits per heavy atom. The molecule has 6 rings (SSSR count). The number of nitrogens with one attached hydrogen (secondary N) is 1. The number of aryl methyl sites for hydroxylation is 2. The van der Waals surface area contributed by atoms with Crippen LogP contribution in [0.25, 0.3) is 11.0 Å². The van der Waals surface area contributed by atoms with Crippen molar-refractivity contribution in [3.8, 4) is 23.0 Å². The molecule has 1 amide bonds. The summed E-state index contributed by atoms with van der Waals surface area (Å²) in [5.74, 6) is 2.27. The molecule has 0 unspecified atom stereocenters. The Morgan fingerprint density at radius 1 is 1.03 bits per heavy atom. The molecule has 2 aliphatic heterocycles. The van der Waals surface area contributed by atoms with Crippen LogP contribution in [-0.4, -0.2) is 24.9 Å². The van der Waals surface area contributed by atoms with Crippen molar-refractivity contribution in [2.75, 3.05) is 13.4 Å². The first-order valence-corrected chi connectivity index (χ1v) is 12.0. The third kappa shape index (κ3) is 3.96. The molecule has 8 heteroatoms. The largest absolute Gasteiger partial charge is 0.487 e. The van der Waals surface area contributed by atoms with Crippen LogP contribution < -0.4 is 29.9 Å². The molecule has 0 saturated heterocycles. The summed E-state index contributed by atoms with van der Waals surface area (Å²) in [6, 6.07) is 7.42. The number of carbonyl (C=O) groups excluding carboxylic acids is 1. The Labute approximate surface area is 202 Å². The molecule has 1 aromatic heterocycles. The molecule has 3 heterocycles. The smallest absolute Gasteiger partial charge is 0.339 e. The maximum Gasteiger partial charge on any atom is 0.339 e. The molecule has 2 aromatic carbocycles. The van der Waals surface area contributed by atoms with Crippen LogP contribution in [0.5, 0.6) is 23.0 Å². The SMILES string of the molecule is CC1(C)CCc2c(cc(OCC(=O)NCc3ccc4c(c3)OCO4)c3c4c(c(=O)oc23)CCC4)O1. The molecule has 3 aliphatic rings. The zero-order valence-corrected chi connectivity index (χ0v) is 19.8. The second kappa shape index (κ2) is 8.22. The minimum absolute atomic E-state index is 0.171. The van der Waals surface area contributed by atoms with E-state index in [0.29, 0.717) is 47.1 Å². The molecule has 182 valence electrons. The number of fused-ring (bicyclic) bond motifs is 6. The predicted molar refractivity (Wildman–Crippen MR) is 127 cm³/mol. The lowest BCUT2D eigenvalue weighted by Crippen LogP contribution is -2.33. The van der Waals surface area contributed by atoms with Gasteiger partial charge in [0.15, 0.2) is 18.1 Å². The van der Waals surface area contributed by atoms with Crippen LogP contribution in [0.2, 0.25) is 0 Å². The molecule has 35 heavy (non-hydrogen) atoms. The lowest BCUT2D eigenvalue weighted by Gasteiger charge is -2.33. The van der Waals surface area contributed by atoms with Crippen molar-refractivity contribution in [2.45, 2.75) is 58.1 Å². The Bertz CT molecular complexity index is 1410. The Kier molecular flexibility index (Phi) is 5.12. The predicted octanol–water partition coefficient (Wildman–Crippen LogP) is 3.81. The van der Waals surface area contributed by atoms with Crippen molar-refractivity contribution < 1.29 is 28.2 Å². The van der Waals surface area contributed by atoms with Crippen LogP contribution in [0, 0.1) is 0 Å². The van der Waals surface area contributed by atoms with Crippen molar-refractivity contribution >= 4 is 16.9 Å². The molecule has 8 nitrogen and oxygen atoms in total. The number of rotatable bonds is 5. The van der Waals surface area contributed by atoms with E-state index in [1.165, 1.54) is 0 Å². The monoisotopic (exact) mass is 477 g/mol. The molecule has 0 atom stereocenters. The lowest BCUT2D eigenvalue weighted by atomic mass is 9.91. The summed E-state index contributed by atoms with van der Waals surface area (Å²) in [4.78, 5) is 25.3. The van der Waals surface area contributed by atoms with E-state index in [1.54, 1.807) is 0 Å². The van der Waals surface area contributed by atoms with E-state index in [4.69, 9.17) is 23.4 Å². The van der Waals surface area contributed by atoms with Gasteiger partial charge in [-0.25, -0.2) is 4.79 Å². The van der Waals surface area contributed by atoms with Crippen LogP contribution >= 0.6 is 0 Å². The minimum Gasteiger partial charge on any atom is -0.487 e. The molecule has 0 saturated carbocycles.